The van der Waals surface area contributed by atoms with Crippen LogP contribution in [0.3, 0.4) is 0 Å². The Morgan fingerprint density at radius 3 is 2.05 bits per heavy atom. The zero-order valence-corrected chi connectivity index (χ0v) is 13.6. The van der Waals surface area contributed by atoms with Crippen LogP contribution in [0, 0.1) is 0 Å². The summed E-state index contributed by atoms with van der Waals surface area (Å²) in [5.74, 6) is 1.90. The maximum atomic E-state index is 5.70. The molecule has 5 nitrogen and oxygen atoms in total. The van der Waals surface area contributed by atoms with E-state index >= 15 is 0 Å². The Balaban J connectivity index is 2.12. The fourth-order valence-corrected chi connectivity index (χ4v) is 2.30. The monoisotopic (exact) mass is 293 g/mol. The number of nitrogens with zero attached hydrogens (tertiary/aromatic N) is 2. The van der Waals surface area contributed by atoms with Crippen LogP contribution in [0.5, 0.6) is 0 Å². The van der Waals surface area contributed by atoms with Gasteiger partial charge in [0.05, 0.1) is 0 Å². The molecule has 5 heteroatoms. The highest BCUT2D eigenvalue weighted by Crippen LogP contribution is 2.13. The molecule has 4 N–H and O–H groups in total. The molecule has 120 valence electrons. The number of hydrogen-bond acceptors (Lipinski definition) is 5. The lowest BCUT2D eigenvalue weighted by atomic mass is 10.1. The summed E-state index contributed by atoms with van der Waals surface area (Å²) >= 11 is 0. The average molecular weight is 293 g/mol. The quantitative estimate of drug-likeness (QED) is 0.507. The fraction of sp³-hybridized carbons (Fsp3) is 0.750. The molecular weight excluding hydrogens is 262 g/mol. The Morgan fingerprint density at radius 2 is 1.43 bits per heavy atom. The lowest BCUT2D eigenvalue weighted by Gasteiger charge is -2.09. The van der Waals surface area contributed by atoms with E-state index in [0.717, 1.165) is 24.7 Å². The number of aromatic nitrogens is 2. The zero-order chi connectivity index (χ0) is 15.3. The smallest absolute Gasteiger partial charge is 0.223 e. The van der Waals surface area contributed by atoms with E-state index in [4.69, 9.17) is 5.73 Å². The van der Waals surface area contributed by atoms with Crippen LogP contribution in [0.1, 0.15) is 65.2 Å². The number of unbranched alkanes of at least 4 members (excludes halogenated alkanes) is 7. The zero-order valence-electron chi connectivity index (χ0n) is 13.6. The molecule has 1 rings (SSSR count). The number of nitrogens with one attached hydrogen (secondary N) is 2. The molecule has 0 fully saturated rings. The van der Waals surface area contributed by atoms with Gasteiger partial charge in [-0.15, -0.1) is 0 Å². The minimum Gasteiger partial charge on any atom is -0.370 e. The van der Waals surface area contributed by atoms with Crippen LogP contribution in [0.2, 0.25) is 0 Å². The molecule has 0 saturated heterocycles. The molecule has 0 radical (unpaired) electrons. The van der Waals surface area contributed by atoms with Gasteiger partial charge in [-0.1, -0.05) is 51.9 Å². The predicted molar refractivity (Wildman–Crippen MR) is 91.7 cm³/mol. The van der Waals surface area contributed by atoms with Gasteiger partial charge in [-0.3, -0.25) is 0 Å². The highest BCUT2D eigenvalue weighted by Gasteiger charge is 2.01. The van der Waals surface area contributed by atoms with Gasteiger partial charge in [0.25, 0.3) is 0 Å². The van der Waals surface area contributed by atoms with Crippen LogP contribution < -0.4 is 16.4 Å². The van der Waals surface area contributed by atoms with Crippen LogP contribution in [-0.2, 0) is 0 Å². The second-order valence-electron chi connectivity index (χ2n) is 5.43. The van der Waals surface area contributed by atoms with E-state index in [-0.39, 0.29) is 0 Å². The first-order valence-electron chi connectivity index (χ1n) is 8.38. The van der Waals surface area contributed by atoms with Crippen molar-refractivity contribution < 1.29 is 0 Å². The highest BCUT2D eigenvalue weighted by molar-refractivity contribution is 5.50. The van der Waals surface area contributed by atoms with Crippen LogP contribution >= 0.6 is 0 Å². The second kappa shape index (κ2) is 11.2. The van der Waals surface area contributed by atoms with E-state index in [9.17, 15) is 0 Å². The van der Waals surface area contributed by atoms with Crippen LogP contribution in [-0.4, -0.2) is 23.1 Å². The second-order valence-corrected chi connectivity index (χ2v) is 5.43. The van der Waals surface area contributed by atoms with Gasteiger partial charge >= 0.3 is 0 Å². The standard InChI is InChI=1S/C16H31N5/c1-3-5-6-7-8-9-10-11-12-19-15-13-14(18-4-2)20-16(17)21-15/h13H,3-12H2,1-2H3,(H4,17,18,19,20,21). The summed E-state index contributed by atoms with van der Waals surface area (Å²) in [5.41, 5.74) is 5.70. The van der Waals surface area contributed by atoms with Gasteiger partial charge in [-0.25, -0.2) is 0 Å². The van der Waals surface area contributed by atoms with Gasteiger partial charge in [0.1, 0.15) is 11.6 Å². The molecule has 0 atom stereocenters. The first-order valence-corrected chi connectivity index (χ1v) is 8.38. The van der Waals surface area contributed by atoms with E-state index in [1.807, 2.05) is 13.0 Å². The number of rotatable bonds is 12. The summed E-state index contributed by atoms with van der Waals surface area (Å²) in [5, 5.41) is 6.48. The number of hydrogen-bond donors (Lipinski definition) is 3. The van der Waals surface area contributed by atoms with E-state index < -0.39 is 0 Å². The molecule has 0 aromatic carbocycles. The van der Waals surface area contributed by atoms with E-state index in [2.05, 4.69) is 27.5 Å². The highest BCUT2D eigenvalue weighted by atomic mass is 15.1. The third kappa shape index (κ3) is 8.38. The Hall–Kier alpha value is -1.52. The molecule has 0 bridgehead atoms. The van der Waals surface area contributed by atoms with Gasteiger partial charge in [0, 0.05) is 19.2 Å². The maximum Gasteiger partial charge on any atom is 0.223 e. The molecule has 1 aromatic rings. The first-order chi connectivity index (χ1) is 10.3. The minimum atomic E-state index is 0.312. The summed E-state index contributed by atoms with van der Waals surface area (Å²) in [6.45, 7) is 6.06. The van der Waals surface area contributed by atoms with E-state index in [0.29, 0.717) is 5.95 Å². The van der Waals surface area contributed by atoms with Gasteiger partial charge in [-0.2, -0.15) is 9.97 Å². The van der Waals surface area contributed by atoms with Gasteiger partial charge in [0.15, 0.2) is 0 Å². The van der Waals surface area contributed by atoms with Crippen molar-refractivity contribution in [3.8, 4) is 0 Å². The average Bonchev–Trinajstić information content (AvgIpc) is 2.45. The molecule has 0 unspecified atom stereocenters. The van der Waals surface area contributed by atoms with E-state index in [1.54, 1.807) is 0 Å². The van der Waals surface area contributed by atoms with Crippen molar-refractivity contribution in [3.05, 3.63) is 6.07 Å². The van der Waals surface area contributed by atoms with Crippen molar-refractivity contribution in [2.24, 2.45) is 0 Å². The Morgan fingerprint density at radius 1 is 0.857 bits per heavy atom. The number of anilines is 3. The maximum absolute atomic E-state index is 5.70. The molecule has 1 aromatic heterocycles. The summed E-state index contributed by atoms with van der Waals surface area (Å²) in [4.78, 5) is 8.33. The molecule has 1 heterocycles. The van der Waals surface area contributed by atoms with Crippen molar-refractivity contribution in [3.63, 3.8) is 0 Å². The largest absolute Gasteiger partial charge is 0.370 e. The molecule has 0 aliphatic carbocycles. The third-order valence-electron chi connectivity index (χ3n) is 3.44. The fourth-order valence-electron chi connectivity index (χ4n) is 2.30. The van der Waals surface area contributed by atoms with E-state index in [1.165, 1.54) is 51.4 Å². The van der Waals surface area contributed by atoms with Crippen LogP contribution in [0.4, 0.5) is 17.6 Å². The van der Waals surface area contributed by atoms with Crippen molar-refractivity contribution in [1.29, 1.82) is 0 Å². The molecule has 0 aliphatic heterocycles. The molecular formula is C16H31N5. The molecule has 0 saturated carbocycles. The summed E-state index contributed by atoms with van der Waals surface area (Å²) in [6.07, 6.45) is 10.6. The van der Waals surface area contributed by atoms with Gasteiger partial charge < -0.3 is 16.4 Å². The molecule has 0 aliphatic rings. The number of nitrogens with two attached hydrogens (primary N) is 1. The van der Waals surface area contributed by atoms with Gasteiger partial charge in [0.2, 0.25) is 5.95 Å². The SMILES string of the molecule is CCCCCCCCCCNc1cc(NCC)nc(N)n1. The topological polar surface area (TPSA) is 75.9 Å². The van der Waals surface area contributed by atoms with Crippen molar-refractivity contribution in [2.45, 2.75) is 65.2 Å². The Kier molecular flexibility index (Phi) is 9.33. The Labute approximate surface area is 129 Å². The van der Waals surface area contributed by atoms with Crippen molar-refractivity contribution in [2.75, 3.05) is 29.5 Å². The normalized spacial score (nSPS) is 10.6. The van der Waals surface area contributed by atoms with Crippen molar-refractivity contribution in [1.82, 2.24) is 9.97 Å². The molecule has 0 spiro atoms. The lowest BCUT2D eigenvalue weighted by Crippen LogP contribution is -2.08. The molecule has 0 amide bonds. The Bertz CT molecular complexity index is 381. The van der Waals surface area contributed by atoms with Crippen LogP contribution in [0.15, 0.2) is 6.07 Å². The predicted octanol–water partition coefficient (Wildman–Crippen LogP) is 4.04. The van der Waals surface area contributed by atoms with Crippen LogP contribution in [0.25, 0.3) is 0 Å². The molecule has 21 heavy (non-hydrogen) atoms. The summed E-state index contributed by atoms with van der Waals surface area (Å²) in [6, 6.07) is 1.91. The van der Waals surface area contributed by atoms with Crippen molar-refractivity contribution >= 4 is 17.6 Å². The summed E-state index contributed by atoms with van der Waals surface area (Å²) < 4.78 is 0. The third-order valence-corrected chi connectivity index (χ3v) is 3.44. The van der Waals surface area contributed by atoms with Gasteiger partial charge in [-0.05, 0) is 13.3 Å². The number of nitrogen functional groups attached to an aromatic ring is 1. The lowest BCUT2D eigenvalue weighted by molar-refractivity contribution is 0.581. The summed E-state index contributed by atoms with van der Waals surface area (Å²) in [7, 11) is 0. The first kappa shape index (κ1) is 17.5. The minimum absolute atomic E-state index is 0.312.